The molecule has 0 aromatic carbocycles. The highest BCUT2D eigenvalue weighted by Crippen LogP contribution is 2.32. The van der Waals surface area contributed by atoms with Crippen LogP contribution < -0.4 is 21.3 Å². The Kier molecular flexibility index (Phi) is 15.1. The lowest BCUT2D eigenvalue weighted by molar-refractivity contribution is -0.140. The first-order valence-corrected chi connectivity index (χ1v) is 18.6. The minimum atomic E-state index is -0.886. The fourth-order valence-corrected chi connectivity index (χ4v) is 7.13. The van der Waals surface area contributed by atoms with Crippen LogP contribution in [0.4, 0.5) is 4.79 Å². The van der Waals surface area contributed by atoms with Gasteiger partial charge in [0.2, 0.25) is 17.7 Å². The van der Waals surface area contributed by atoms with Gasteiger partial charge in [0, 0.05) is 38.5 Å². The van der Waals surface area contributed by atoms with E-state index >= 15 is 0 Å². The highest BCUT2D eigenvalue weighted by atomic mass is 16.2. The smallest absolute Gasteiger partial charge is 0.315 e. The van der Waals surface area contributed by atoms with Crippen molar-refractivity contribution in [3.05, 3.63) is 25.3 Å². The number of hydrogen-bond donors (Lipinski definition) is 5. The summed E-state index contributed by atoms with van der Waals surface area (Å²) in [6.07, 6.45) is 12.2. The van der Waals surface area contributed by atoms with Crippen LogP contribution in [0.5, 0.6) is 0 Å². The zero-order valence-corrected chi connectivity index (χ0v) is 31.2. The maximum absolute atomic E-state index is 14.3. The third kappa shape index (κ3) is 11.7. The van der Waals surface area contributed by atoms with Gasteiger partial charge in [-0.3, -0.25) is 24.6 Å². The van der Waals surface area contributed by atoms with Crippen molar-refractivity contribution >= 4 is 35.4 Å². The van der Waals surface area contributed by atoms with Gasteiger partial charge in [0.15, 0.2) is 0 Å². The average molecular weight is 698 g/mol. The fourth-order valence-electron chi connectivity index (χ4n) is 7.13. The topological polar surface area (TPSA) is 164 Å². The number of nitrogens with zero attached hydrogens (tertiary/aromatic N) is 2. The van der Waals surface area contributed by atoms with Gasteiger partial charge >= 0.3 is 6.03 Å². The molecule has 3 rings (SSSR count). The SMILES string of the molecule is C=CCNC(=O)C(=N)[C@@H]1CCCCCCCCC[C@H](NC(=O)N[C@H](CN2CCC(C)(C)CC2=O)C(C)(C)C)C(=O)N2CC[C@H](C=C)[C@H]2C(=O)N1. The van der Waals surface area contributed by atoms with Crippen LogP contribution in [0.1, 0.15) is 112 Å². The Morgan fingerprint density at radius 3 is 2.24 bits per heavy atom. The van der Waals surface area contributed by atoms with Crippen molar-refractivity contribution in [1.82, 2.24) is 31.1 Å². The molecule has 0 saturated carbocycles. The Morgan fingerprint density at radius 1 is 1.00 bits per heavy atom. The van der Waals surface area contributed by atoms with Crippen LogP contribution >= 0.6 is 0 Å². The summed E-state index contributed by atoms with van der Waals surface area (Å²) >= 11 is 0. The molecular weight excluding hydrogens is 634 g/mol. The number of hydrogen-bond acceptors (Lipinski definition) is 6. The quantitative estimate of drug-likeness (QED) is 0.177. The van der Waals surface area contributed by atoms with E-state index in [-0.39, 0.29) is 46.9 Å². The lowest BCUT2D eigenvalue weighted by atomic mass is 9.81. The number of nitrogens with one attached hydrogen (secondary N) is 5. The largest absolute Gasteiger partial charge is 0.347 e. The Balaban J connectivity index is 1.82. The highest BCUT2D eigenvalue weighted by Gasteiger charge is 2.44. The molecule has 12 nitrogen and oxygen atoms in total. The first-order chi connectivity index (χ1) is 23.6. The van der Waals surface area contributed by atoms with E-state index < -0.39 is 36.0 Å². The third-order valence-corrected chi connectivity index (χ3v) is 10.5. The van der Waals surface area contributed by atoms with Gasteiger partial charge in [0.1, 0.15) is 17.8 Å². The predicted molar refractivity (Wildman–Crippen MR) is 197 cm³/mol. The Bertz CT molecular complexity index is 1260. The molecule has 5 N–H and O–H groups in total. The Labute approximate surface area is 299 Å². The molecule has 0 unspecified atom stereocenters. The molecule has 280 valence electrons. The lowest BCUT2D eigenvalue weighted by Crippen LogP contribution is -2.60. The van der Waals surface area contributed by atoms with Crippen LogP contribution in [-0.4, -0.2) is 95.5 Å². The average Bonchev–Trinajstić information content (AvgIpc) is 3.48. The van der Waals surface area contributed by atoms with E-state index in [0.29, 0.717) is 45.3 Å². The maximum atomic E-state index is 14.3. The molecule has 3 heterocycles. The zero-order valence-electron chi connectivity index (χ0n) is 31.2. The van der Waals surface area contributed by atoms with Crippen LogP contribution in [0.25, 0.3) is 0 Å². The van der Waals surface area contributed by atoms with Crippen LogP contribution in [0.2, 0.25) is 0 Å². The van der Waals surface area contributed by atoms with Gasteiger partial charge in [-0.2, -0.15) is 0 Å². The molecular formula is C38H63N7O5. The number of rotatable bonds is 9. The highest BCUT2D eigenvalue weighted by molar-refractivity contribution is 6.39. The number of piperidine rings is 1. The maximum Gasteiger partial charge on any atom is 0.315 e. The van der Waals surface area contributed by atoms with Crippen LogP contribution in [0.15, 0.2) is 25.3 Å². The molecule has 50 heavy (non-hydrogen) atoms. The van der Waals surface area contributed by atoms with E-state index in [1.807, 2.05) is 25.7 Å². The van der Waals surface area contributed by atoms with Gasteiger partial charge < -0.3 is 31.1 Å². The first-order valence-electron chi connectivity index (χ1n) is 18.6. The van der Waals surface area contributed by atoms with Gasteiger partial charge in [0.05, 0.1) is 12.1 Å². The molecule has 0 radical (unpaired) electrons. The molecule has 0 spiro atoms. The molecule has 0 aromatic heterocycles. The van der Waals surface area contributed by atoms with Gasteiger partial charge in [0.25, 0.3) is 5.91 Å². The van der Waals surface area contributed by atoms with Crippen molar-refractivity contribution in [3.63, 3.8) is 0 Å². The van der Waals surface area contributed by atoms with Crippen molar-refractivity contribution in [3.8, 4) is 0 Å². The summed E-state index contributed by atoms with van der Waals surface area (Å²) in [6.45, 7) is 19.3. The monoisotopic (exact) mass is 697 g/mol. The third-order valence-electron chi connectivity index (χ3n) is 10.5. The van der Waals surface area contributed by atoms with Gasteiger partial charge in [-0.05, 0) is 36.5 Å². The van der Waals surface area contributed by atoms with Crippen molar-refractivity contribution in [2.24, 2.45) is 16.7 Å². The lowest BCUT2D eigenvalue weighted by Gasteiger charge is -2.41. The molecule has 3 aliphatic rings. The minimum Gasteiger partial charge on any atom is -0.347 e. The van der Waals surface area contributed by atoms with Gasteiger partial charge in [-0.15, -0.1) is 13.2 Å². The molecule has 0 bridgehead atoms. The van der Waals surface area contributed by atoms with Gasteiger partial charge in [-0.25, -0.2) is 4.79 Å². The van der Waals surface area contributed by atoms with E-state index in [2.05, 4.69) is 48.3 Å². The summed E-state index contributed by atoms with van der Waals surface area (Å²) in [7, 11) is 0. The number of amides is 6. The van der Waals surface area contributed by atoms with E-state index in [9.17, 15) is 24.0 Å². The molecule has 12 heteroatoms. The second-order valence-corrected chi connectivity index (χ2v) is 16.2. The van der Waals surface area contributed by atoms with Crippen molar-refractivity contribution < 1.29 is 24.0 Å². The van der Waals surface area contributed by atoms with Crippen molar-refractivity contribution in [1.29, 1.82) is 5.41 Å². The van der Waals surface area contributed by atoms with Crippen molar-refractivity contribution in [2.45, 2.75) is 136 Å². The summed E-state index contributed by atoms with van der Waals surface area (Å²) in [4.78, 5) is 71.0. The number of urea groups is 1. The van der Waals surface area contributed by atoms with E-state index in [4.69, 9.17) is 5.41 Å². The predicted octanol–water partition coefficient (Wildman–Crippen LogP) is 4.45. The summed E-state index contributed by atoms with van der Waals surface area (Å²) < 4.78 is 0. The molecule has 6 amide bonds. The van der Waals surface area contributed by atoms with E-state index in [0.717, 1.165) is 51.4 Å². The summed E-state index contributed by atoms with van der Waals surface area (Å²) in [5.74, 6) is -1.59. The second-order valence-electron chi connectivity index (χ2n) is 16.2. The molecule has 0 aliphatic carbocycles. The van der Waals surface area contributed by atoms with Crippen LogP contribution in [0, 0.1) is 22.2 Å². The standard InChI is InChI=1S/C38H63N7O5/c1-8-21-40-33(47)31(39)27-17-15-13-11-10-12-14-16-18-28(35(49)45-22-19-26(9-2)32(45)34(48)41-27)42-36(50)43-29(37(3,4)5)25-44-23-20-38(6,7)24-30(44)46/h8-9,26-29,32,39H,1-2,10-25H2,3-7H3,(H,40,47)(H,41,48)(H2,42,43,50)/t26-,27-,28-,29+,32-/m0/s1. The first kappa shape index (κ1) is 40.7. The molecule has 0 aromatic rings. The van der Waals surface area contributed by atoms with Crippen LogP contribution in [-0.2, 0) is 19.2 Å². The molecule has 5 atom stereocenters. The summed E-state index contributed by atoms with van der Waals surface area (Å²) in [6, 6.07) is -3.40. The Morgan fingerprint density at radius 2 is 1.64 bits per heavy atom. The van der Waals surface area contributed by atoms with E-state index in [1.54, 1.807) is 6.08 Å². The van der Waals surface area contributed by atoms with Crippen molar-refractivity contribution in [2.75, 3.05) is 26.2 Å². The molecule has 3 saturated heterocycles. The summed E-state index contributed by atoms with van der Waals surface area (Å²) in [5.41, 5.74) is -0.637. The van der Waals surface area contributed by atoms with Gasteiger partial charge in [-0.1, -0.05) is 91.7 Å². The molecule has 3 aliphatic heterocycles. The number of fused-ring (bicyclic) bond motifs is 1. The number of likely N-dealkylation sites (tertiary alicyclic amines) is 1. The second kappa shape index (κ2) is 18.5. The van der Waals surface area contributed by atoms with Crippen LogP contribution in [0.3, 0.4) is 0 Å². The normalized spacial score (nSPS) is 26.2. The Hall–Kier alpha value is -3.70. The number of carbonyl (C=O) groups excluding carboxylic acids is 5. The minimum absolute atomic E-state index is 0.0438. The molecule has 3 fully saturated rings. The van der Waals surface area contributed by atoms with E-state index in [1.165, 1.54) is 11.0 Å². The summed E-state index contributed by atoms with van der Waals surface area (Å²) in [5, 5.41) is 20.2. The number of carbonyl (C=O) groups is 5. The zero-order chi connectivity index (χ0) is 37.1. The fraction of sp³-hybridized carbons (Fsp3) is 0.737.